The summed E-state index contributed by atoms with van der Waals surface area (Å²) in [5.41, 5.74) is 0. The fraction of sp³-hybridized carbons (Fsp3) is 1.00. The lowest BCUT2D eigenvalue weighted by Crippen LogP contribution is -1.95. The maximum atomic E-state index is 11.3. The van der Waals surface area contributed by atoms with Gasteiger partial charge in [0.1, 0.15) is 0 Å². The predicted molar refractivity (Wildman–Crippen MR) is 15.8 cm³/mol. The number of alkyl halides is 3. The van der Waals surface area contributed by atoms with Gasteiger partial charge in [0.05, 0.1) is 0 Å². The standard InChI is InChI=1S/C3H3F3O/c4-1-2(7)3(1,5)6/h1-2,7H. The lowest BCUT2D eigenvalue weighted by molar-refractivity contribution is 0.0490. The molecule has 0 spiro atoms. The van der Waals surface area contributed by atoms with Crippen LogP contribution in [0.4, 0.5) is 13.2 Å². The van der Waals surface area contributed by atoms with E-state index in [1.807, 2.05) is 0 Å². The third kappa shape index (κ3) is 0.428. The minimum Gasteiger partial charge on any atom is -0.383 e. The van der Waals surface area contributed by atoms with E-state index in [1.54, 1.807) is 0 Å². The second kappa shape index (κ2) is 0.940. The normalized spacial score (nSPS) is 46.3. The van der Waals surface area contributed by atoms with Crippen molar-refractivity contribution in [3.8, 4) is 0 Å². The molecule has 0 aromatic heterocycles. The number of aliphatic hydroxyl groups excluding tert-OH is 1. The number of rotatable bonds is 0. The maximum Gasteiger partial charge on any atom is 0.309 e. The van der Waals surface area contributed by atoms with Gasteiger partial charge in [-0.05, 0) is 0 Å². The third-order valence-electron chi connectivity index (χ3n) is 0.930. The highest BCUT2D eigenvalue weighted by atomic mass is 19.3. The van der Waals surface area contributed by atoms with Gasteiger partial charge in [0.15, 0.2) is 12.3 Å². The summed E-state index contributed by atoms with van der Waals surface area (Å²) in [5, 5.41) is 7.84. The van der Waals surface area contributed by atoms with Crippen molar-refractivity contribution in [1.82, 2.24) is 0 Å². The Morgan fingerprint density at radius 1 is 1.43 bits per heavy atom. The van der Waals surface area contributed by atoms with E-state index < -0.39 is 18.2 Å². The van der Waals surface area contributed by atoms with Crippen molar-refractivity contribution in [3.63, 3.8) is 0 Å². The first-order chi connectivity index (χ1) is 3.07. The van der Waals surface area contributed by atoms with Crippen LogP contribution in [0, 0.1) is 0 Å². The molecule has 0 aromatic carbocycles. The molecular formula is C3H3F3O. The minimum atomic E-state index is -3.44. The summed E-state index contributed by atoms with van der Waals surface area (Å²) in [5.74, 6) is -3.44. The molecule has 1 rings (SSSR count). The summed E-state index contributed by atoms with van der Waals surface area (Å²) in [6, 6.07) is 0. The van der Waals surface area contributed by atoms with Crippen molar-refractivity contribution in [2.75, 3.05) is 0 Å². The Bertz CT molecular complexity index is 82.2. The Balaban J connectivity index is 2.52. The van der Waals surface area contributed by atoms with Gasteiger partial charge in [0.2, 0.25) is 0 Å². The predicted octanol–water partition coefficient (Wildman–Crippen LogP) is 0.334. The SMILES string of the molecule is OC1C(F)C1(F)F. The smallest absolute Gasteiger partial charge is 0.309 e. The van der Waals surface area contributed by atoms with E-state index in [0.29, 0.717) is 0 Å². The van der Waals surface area contributed by atoms with Crippen LogP contribution in [0.3, 0.4) is 0 Å². The molecular weight excluding hydrogens is 109 g/mol. The van der Waals surface area contributed by atoms with E-state index in [1.165, 1.54) is 0 Å². The zero-order chi connectivity index (χ0) is 5.65. The number of hydrogen-bond donors (Lipinski definition) is 1. The van der Waals surface area contributed by atoms with Gasteiger partial charge in [0, 0.05) is 0 Å². The molecule has 0 amide bonds. The van der Waals surface area contributed by atoms with Gasteiger partial charge in [-0.15, -0.1) is 0 Å². The van der Waals surface area contributed by atoms with Gasteiger partial charge in [-0.25, -0.2) is 13.2 Å². The Morgan fingerprint density at radius 3 is 1.57 bits per heavy atom. The van der Waals surface area contributed by atoms with Crippen molar-refractivity contribution in [2.24, 2.45) is 0 Å². The molecule has 1 N–H and O–H groups in total. The van der Waals surface area contributed by atoms with Crippen LogP contribution in [0.1, 0.15) is 0 Å². The van der Waals surface area contributed by atoms with Gasteiger partial charge in [0.25, 0.3) is 0 Å². The molecule has 1 nitrogen and oxygen atoms in total. The van der Waals surface area contributed by atoms with Crippen molar-refractivity contribution in [3.05, 3.63) is 0 Å². The van der Waals surface area contributed by atoms with E-state index in [4.69, 9.17) is 5.11 Å². The van der Waals surface area contributed by atoms with E-state index >= 15 is 0 Å². The topological polar surface area (TPSA) is 20.2 Å². The minimum absolute atomic E-state index is 2.03. The van der Waals surface area contributed by atoms with E-state index in [-0.39, 0.29) is 0 Å². The average Bonchev–Trinajstić information content (AvgIpc) is 1.91. The highest BCUT2D eigenvalue weighted by Crippen LogP contribution is 2.44. The average molecular weight is 112 g/mol. The van der Waals surface area contributed by atoms with E-state index in [0.717, 1.165) is 0 Å². The molecule has 2 unspecified atom stereocenters. The molecule has 0 radical (unpaired) electrons. The number of aliphatic hydroxyl groups is 1. The van der Waals surface area contributed by atoms with Crippen LogP contribution in [0.15, 0.2) is 0 Å². The van der Waals surface area contributed by atoms with Crippen LogP contribution >= 0.6 is 0 Å². The van der Waals surface area contributed by atoms with Gasteiger partial charge in [-0.1, -0.05) is 0 Å². The molecule has 0 heterocycles. The molecule has 7 heavy (non-hydrogen) atoms. The fourth-order valence-corrected chi connectivity index (χ4v) is 0.275. The second-order valence-electron chi connectivity index (χ2n) is 1.52. The number of hydrogen-bond acceptors (Lipinski definition) is 1. The Labute approximate surface area is 37.8 Å². The first-order valence-electron chi connectivity index (χ1n) is 1.77. The molecule has 0 saturated heterocycles. The molecule has 0 aliphatic heterocycles. The van der Waals surface area contributed by atoms with Crippen molar-refractivity contribution >= 4 is 0 Å². The van der Waals surface area contributed by atoms with Crippen molar-refractivity contribution < 1.29 is 18.3 Å². The Hall–Kier alpha value is -0.250. The molecule has 1 aliphatic carbocycles. The maximum absolute atomic E-state index is 11.3. The first kappa shape index (κ1) is 4.90. The summed E-state index contributed by atoms with van der Waals surface area (Å²) in [6.07, 6.45) is -4.35. The lowest BCUT2D eigenvalue weighted by Gasteiger charge is -1.80. The largest absolute Gasteiger partial charge is 0.383 e. The monoisotopic (exact) mass is 112 g/mol. The van der Waals surface area contributed by atoms with E-state index in [9.17, 15) is 13.2 Å². The van der Waals surface area contributed by atoms with Gasteiger partial charge in [-0.3, -0.25) is 0 Å². The highest BCUT2D eigenvalue weighted by Gasteiger charge is 2.69. The van der Waals surface area contributed by atoms with Crippen molar-refractivity contribution in [1.29, 1.82) is 0 Å². The molecule has 1 fully saturated rings. The first-order valence-corrected chi connectivity index (χ1v) is 1.77. The van der Waals surface area contributed by atoms with Crippen LogP contribution < -0.4 is 0 Å². The highest BCUT2D eigenvalue weighted by molar-refractivity contribution is 5.07. The van der Waals surface area contributed by atoms with Gasteiger partial charge < -0.3 is 5.11 Å². The fourth-order valence-electron chi connectivity index (χ4n) is 0.275. The molecule has 0 bridgehead atoms. The van der Waals surface area contributed by atoms with Gasteiger partial charge in [-0.2, -0.15) is 0 Å². The summed E-state index contributed by atoms with van der Waals surface area (Å²) < 4.78 is 33.9. The Morgan fingerprint density at radius 2 is 1.57 bits per heavy atom. The summed E-state index contributed by atoms with van der Waals surface area (Å²) in [7, 11) is 0. The summed E-state index contributed by atoms with van der Waals surface area (Å²) in [6.45, 7) is 0. The van der Waals surface area contributed by atoms with Crippen LogP contribution in [0.25, 0.3) is 0 Å². The summed E-state index contributed by atoms with van der Waals surface area (Å²) >= 11 is 0. The molecule has 4 heteroatoms. The Kier molecular flexibility index (Phi) is 0.658. The number of halogens is 3. The second-order valence-corrected chi connectivity index (χ2v) is 1.52. The molecule has 0 aromatic rings. The summed E-state index contributed by atoms with van der Waals surface area (Å²) in [4.78, 5) is 0. The zero-order valence-corrected chi connectivity index (χ0v) is 3.24. The van der Waals surface area contributed by atoms with Gasteiger partial charge >= 0.3 is 5.92 Å². The van der Waals surface area contributed by atoms with E-state index in [2.05, 4.69) is 0 Å². The molecule has 2 atom stereocenters. The van der Waals surface area contributed by atoms with Crippen LogP contribution in [-0.4, -0.2) is 23.3 Å². The quantitative estimate of drug-likeness (QED) is 0.479. The van der Waals surface area contributed by atoms with Crippen LogP contribution in [-0.2, 0) is 0 Å². The molecule has 1 saturated carbocycles. The zero-order valence-electron chi connectivity index (χ0n) is 3.24. The molecule has 42 valence electrons. The van der Waals surface area contributed by atoms with Crippen LogP contribution in [0.2, 0.25) is 0 Å². The lowest BCUT2D eigenvalue weighted by atomic mass is 10.8. The third-order valence-corrected chi connectivity index (χ3v) is 0.930. The molecule has 1 aliphatic rings. The van der Waals surface area contributed by atoms with Crippen LogP contribution in [0.5, 0.6) is 0 Å². The van der Waals surface area contributed by atoms with Crippen molar-refractivity contribution in [2.45, 2.75) is 18.2 Å².